The smallest absolute Gasteiger partial charge is 0.108 e. The topological polar surface area (TPSA) is 32.3 Å². The Hall–Kier alpha value is -1.16. The maximum Gasteiger partial charge on any atom is 0.108 e. The monoisotopic (exact) mass is 245 g/mol. The van der Waals surface area contributed by atoms with E-state index in [1.54, 1.807) is 11.3 Å². The molecule has 0 saturated heterocycles. The van der Waals surface area contributed by atoms with Gasteiger partial charge in [0.25, 0.3) is 0 Å². The number of aliphatic hydroxyl groups is 1. The van der Waals surface area contributed by atoms with E-state index < -0.39 is 6.10 Å². The third-order valence-electron chi connectivity index (χ3n) is 3.39. The van der Waals surface area contributed by atoms with Gasteiger partial charge in [0.15, 0.2) is 0 Å². The average molecular weight is 245 g/mol. The van der Waals surface area contributed by atoms with E-state index in [4.69, 9.17) is 0 Å². The predicted octanol–water partition coefficient (Wildman–Crippen LogP) is 2.93. The highest BCUT2D eigenvalue weighted by Gasteiger charge is 2.30. The SMILES string of the molecule is Cc1ccsc1C(O)C1NCc2ccccc21. The first-order valence-electron chi connectivity index (χ1n) is 5.80. The van der Waals surface area contributed by atoms with Gasteiger partial charge in [-0.25, -0.2) is 0 Å². The van der Waals surface area contributed by atoms with Crippen LogP contribution in [0.4, 0.5) is 0 Å². The zero-order valence-corrected chi connectivity index (χ0v) is 10.5. The molecule has 1 aromatic heterocycles. The molecule has 17 heavy (non-hydrogen) atoms. The van der Waals surface area contributed by atoms with Crippen LogP contribution in [0.5, 0.6) is 0 Å². The molecule has 2 heterocycles. The van der Waals surface area contributed by atoms with E-state index in [1.807, 2.05) is 17.5 Å². The van der Waals surface area contributed by atoms with E-state index in [1.165, 1.54) is 16.7 Å². The van der Waals surface area contributed by atoms with E-state index in [9.17, 15) is 5.11 Å². The van der Waals surface area contributed by atoms with Crippen LogP contribution in [0.3, 0.4) is 0 Å². The molecule has 1 aliphatic heterocycles. The fourth-order valence-electron chi connectivity index (χ4n) is 2.45. The normalized spacial score (nSPS) is 20.2. The summed E-state index contributed by atoms with van der Waals surface area (Å²) in [6.07, 6.45) is -0.446. The molecule has 88 valence electrons. The molecule has 0 aliphatic carbocycles. The highest BCUT2D eigenvalue weighted by Crippen LogP contribution is 2.37. The molecule has 3 rings (SSSR count). The number of hydrogen-bond acceptors (Lipinski definition) is 3. The second-order valence-electron chi connectivity index (χ2n) is 4.47. The lowest BCUT2D eigenvalue weighted by Gasteiger charge is -2.19. The summed E-state index contributed by atoms with van der Waals surface area (Å²) >= 11 is 1.63. The van der Waals surface area contributed by atoms with E-state index in [2.05, 4.69) is 30.4 Å². The molecule has 0 fully saturated rings. The Kier molecular flexibility index (Phi) is 2.74. The summed E-state index contributed by atoms with van der Waals surface area (Å²) in [7, 11) is 0. The fraction of sp³-hybridized carbons (Fsp3) is 0.286. The summed E-state index contributed by atoms with van der Waals surface area (Å²) in [5.74, 6) is 0. The van der Waals surface area contributed by atoms with Gasteiger partial charge in [-0.15, -0.1) is 11.3 Å². The van der Waals surface area contributed by atoms with Crippen molar-refractivity contribution in [2.45, 2.75) is 25.6 Å². The Balaban J connectivity index is 1.95. The van der Waals surface area contributed by atoms with E-state index in [0.29, 0.717) is 0 Å². The largest absolute Gasteiger partial charge is 0.386 e. The quantitative estimate of drug-likeness (QED) is 0.852. The fourth-order valence-corrected chi connectivity index (χ4v) is 3.40. The number of nitrogens with one attached hydrogen (secondary N) is 1. The summed E-state index contributed by atoms with van der Waals surface area (Å²) in [6, 6.07) is 10.4. The molecular formula is C14H15NOS. The zero-order valence-electron chi connectivity index (χ0n) is 9.68. The molecule has 0 saturated carbocycles. The summed E-state index contributed by atoms with van der Waals surface area (Å²) in [5, 5.41) is 15.9. The van der Waals surface area contributed by atoms with Gasteiger partial charge in [0.1, 0.15) is 6.10 Å². The van der Waals surface area contributed by atoms with Crippen molar-refractivity contribution in [3.05, 3.63) is 57.3 Å². The van der Waals surface area contributed by atoms with E-state index >= 15 is 0 Å². The molecule has 0 radical (unpaired) electrons. The van der Waals surface area contributed by atoms with Crippen LogP contribution in [-0.4, -0.2) is 5.11 Å². The van der Waals surface area contributed by atoms with Crippen LogP contribution in [0.1, 0.15) is 33.7 Å². The number of thiophene rings is 1. The van der Waals surface area contributed by atoms with Crippen LogP contribution in [0.15, 0.2) is 35.7 Å². The maximum atomic E-state index is 10.5. The van der Waals surface area contributed by atoms with Crippen LogP contribution >= 0.6 is 11.3 Å². The molecular weight excluding hydrogens is 230 g/mol. The van der Waals surface area contributed by atoms with Gasteiger partial charge >= 0.3 is 0 Å². The molecule has 2 N–H and O–H groups in total. The molecule has 2 atom stereocenters. The maximum absolute atomic E-state index is 10.5. The van der Waals surface area contributed by atoms with Crippen molar-refractivity contribution in [1.82, 2.24) is 5.32 Å². The highest BCUT2D eigenvalue weighted by atomic mass is 32.1. The molecule has 0 bridgehead atoms. The van der Waals surface area contributed by atoms with Crippen molar-refractivity contribution in [2.24, 2.45) is 0 Å². The van der Waals surface area contributed by atoms with Crippen molar-refractivity contribution in [3.63, 3.8) is 0 Å². The van der Waals surface area contributed by atoms with Crippen molar-refractivity contribution in [1.29, 1.82) is 0 Å². The second kappa shape index (κ2) is 4.26. The first kappa shape index (κ1) is 11.0. The van der Waals surface area contributed by atoms with Gasteiger partial charge in [-0.2, -0.15) is 0 Å². The van der Waals surface area contributed by atoms with Gasteiger partial charge in [0, 0.05) is 11.4 Å². The number of hydrogen-bond donors (Lipinski definition) is 2. The Labute approximate surface area is 105 Å². The van der Waals surface area contributed by atoms with Crippen LogP contribution in [0.25, 0.3) is 0 Å². The molecule has 1 aliphatic rings. The molecule has 1 aromatic carbocycles. The first-order chi connectivity index (χ1) is 8.27. The number of fused-ring (bicyclic) bond motifs is 1. The van der Waals surface area contributed by atoms with Crippen LogP contribution < -0.4 is 5.32 Å². The van der Waals surface area contributed by atoms with Crippen LogP contribution in [0.2, 0.25) is 0 Å². The van der Waals surface area contributed by atoms with Crippen molar-refractivity contribution < 1.29 is 5.11 Å². The van der Waals surface area contributed by atoms with Gasteiger partial charge in [-0.3, -0.25) is 0 Å². The van der Waals surface area contributed by atoms with Crippen LogP contribution in [0, 0.1) is 6.92 Å². The number of benzene rings is 1. The van der Waals surface area contributed by atoms with Crippen molar-refractivity contribution >= 4 is 11.3 Å². The Morgan fingerprint density at radius 2 is 2.18 bits per heavy atom. The highest BCUT2D eigenvalue weighted by molar-refractivity contribution is 7.10. The Morgan fingerprint density at radius 1 is 1.35 bits per heavy atom. The molecule has 2 aromatic rings. The van der Waals surface area contributed by atoms with Gasteiger partial charge in [0.05, 0.1) is 6.04 Å². The zero-order chi connectivity index (χ0) is 11.8. The lowest BCUT2D eigenvalue weighted by atomic mass is 9.99. The lowest BCUT2D eigenvalue weighted by Crippen LogP contribution is -2.20. The summed E-state index contributed by atoms with van der Waals surface area (Å²) in [4.78, 5) is 1.07. The van der Waals surface area contributed by atoms with Crippen molar-refractivity contribution in [3.8, 4) is 0 Å². The van der Waals surface area contributed by atoms with Crippen molar-refractivity contribution in [2.75, 3.05) is 0 Å². The predicted molar refractivity (Wildman–Crippen MR) is 70.0 cm³/mol. The molecule has 2 nitrogen and oxygen atoms in total. The average Bonchev–Trinajstić information content (AvgIpc) is 2.94. The Bertz CT molecular complexity index is 535. The second-order valence-corrected chi connectivity index (χ2v) is 5.42. The number of aliphatic hydroxyl groups excluding tert-OH is 1. The van der Waals surface area contributed by atoms with Gasteiger partial charge in [-0.1, -0.05) is 24.3 Å². The lowest BCUT2D eigenvalue weighted by molar-refractivity contribution is 0.136. The minimum atomic E-state index is -0.446. The van der Waals surface area contributed by atoms with E-state index in [-0.39, 0.29) is 6.04 Å². The Morgan fingerprint density at radius 3 is 2.94 bits per heavy atom. The summed E-state index contributed by atoms with van der Waals surface area (Å²) in [5.41, 5.74) is 3.70. The minimum Gasteiger partial charge on any atom is -0.386 e. The van der Waals surface area contributed by atoms with Crippen LogP contribution in [-0.2, 0) is 6.54 Å². The number of aryl methyl sites for hydroxylation is 1. The molecule has 0 amide bonds. The molecule has 3 heteroatoms. The van der Waals surface area contributed by atoms with Gasteiger partial charge in [0.2, 0.25) is 0 Å². The first-order valence-corrected chi connectivity index (χ1v) is 6.68. The van der Waals surface area contributed by atoms with E-state index in [0.717, 1.165) is 11.4 Å². The van der Waals surface area contributed by atoms with Gasteiger partial charge in [-0.05, 0) is 35.1 Å². The van der Waals surface area contributed by atoms with Gasteiger partial charge < -0.3 is 10.4 Å². The summed E-state index contributed by atoms with van der Waals surface area (Å²) in [6.45, 7) is 2.90. The number of rotatable bonds is 2. The standard InChI is InChI=1S/C14H15NOS/c1-9-6-7-17-14(9)13(16)12-11-5-3-2-4-10(11)8-15-12/h2-7,12-13,15-16H,8H2,1H3. The molecule has 2 unspecified atom stereocenters. The third-order valence-corrected chi connectivity index (χ3v) is 4.48. The third kappa shape index (κ3) is 1.80. The minimum absolute atomic E-state index is 0.0311. The molecule has 0 spiro atoms. The summed E-state index contributed by atoms with van der Waals surface area (Å²) < 4.78 is 0.